The lowest BCUT2D eigenvalue weighted by Gasteiger charge is -2.15. The second kappa shape index (κ2) is 7.45. The molecule has 0 saturated heterocycles. The summed E-state index contributed by atoms with van der Waals surface area (Å²) >= 11 is 1.40. The monoisotopic (exact) mass is 317 g/mol. The summed E-state index contributed by atoms with van der Waals surface area (Å²) in [5.74, 6) is 0.0260. The van der Waals surface area contributed by atoms with Crippen LogP contribution >= 0.6 is 11.8 Å². The zero-order chi connectivity index (χ0) is 16.1. The first kappa shape index (κ1) is 16.6. The molecule has 2 aromatic carbocycles. The molecule has 116 valence electrons. The number of halogens is 1. The van der Waals surface area contributed by atoms with Crippen LogP contribution < -0.4 is 5.32 Å². The first-order valence-electron chi connectivity index (χ1n) is 7.20. The Morgan fingerprint density at radius 3 is 2.45 bits per heavy atom. The zero-order valence-electron chi connectivity index (χ0n) is 13.0. The second-order valence-corrected chi connectivity index (χ2v) is 6.42. The van der Waals surface area contributed by atoms with Gasteiger partial charge in [0.1, 0.15) is 5.82 Å². The highest BCUT2D eigenvalue weighted by atomic mass is 32.2. The molecule has 1 amide bonds. The van der Waals surface area contributed by atoms with Crippen molar-refractivity contribution in [3.8, 4) is 0 Å². The highest BCUT2D eigenvalue weighted by Crippen LogP contribution is 2.19. The van der Waals surface area contributed by atoms with Crippen molar-refractivity contribution >= 4 is 17.7 Å². The maximum atomic E-state index is 12.8. The minimum Gasteiger partial charge on any atom is -0.349 e. The van der Waals surface area contributed by atoms with Crippen molar-refractivity contribution in [3.05, 3.63) is 65.0 Å². The summed E-state index contributed by atoms with van der Waals surface area (Å²) in [6, 6.07) is 12.4. The SMILES string of the molecule is Cc1ccc([C@@H](C)NC(=O)CSc2ccc(F)cc2)cc1C. The molecule has 0 aliphatic heterocycles. The summed E-state index contributed by atoms with van der Waals surface area (Å²) < 4.78 is 12.8. The van der Waals surface area contributed by atoms with Crippen LogP contribution in [0.2, 0.25) is 0 Å². The molecule has 0 spiro atoms. The molecule has 1 atom stereocenters. The van der Waals surface area contributed by atoms with Crippen LogP contribution in [-0.2, 0) is 4.79 Å². The molecule has 4 heteroatoms. The molecule has 0 unspecified atom stereocenters. The van der Waals surface area contributed by atoms with Gasteiger partial charge in [-0.2, -0.15) is 0 Å². The lowest BCUT2D eigenvalue weighted by molar-refractivity contribution is -0.119. The first-order chi connectivity index (χ1) is 10.5. The molecule has 0 heterocycles. The Kier molecular flexibility index (Phi) is 5.61. The summed E-state index contributed by atoms with van der Waals surface area (Å²) in [5, 5.41) is 2.99. The molecule has 0 aliphatic rings. The molecule has 0 saturated carbocycles. The molecule has 1 N–H and O–H groups in total. The van der Waals surface area contributed by atoms with Crippen LogP contribution in [0, 0.1) is 19.7 Å². The first-order valence-corrected chi connectivity index (χ1v) is 8.19. The van der Waals surface area contributed by atoms with E-state index >= 15 is 0 Å². The van der Waals surface area contributed by atoms with E-state index in [0.717, 1.165) is 10.5 Å². The van der Waals surface area contributed by atoms with Gasteiger partial charge in [-0.05, 0) is 61.7 Å². The van der Waals surface area contributed by atoms with Gasteiger partial charge in [0.15, 0.2) is 0 Å². The molecule has 0 aliphatic carbocycles. The van der Waals surface area contributed by atoms with Gasteiger partial charge >= 0.3 is 0 Å². The fourth-order valence-corrected chi connectivity index (χ4v) is 2.79. The zero-order valence-corrected chi connectivity index (χ0v) is 13.8. The quantitative estimate of drug-likeness (QED) is 0.828. The van der Waals surface area contributed by atoms with E-state index in [1.165, 1.54) is 35.0 Å². The summed E-state index contributed by atoms with van der Waals surface area (Å²) in [5.41, 5.74) is 3.57. The highest BCUT2D eigenvalue weighted by Gasteiger charge is 2.10. The van der Waals surface area contributed by atoms with Crippen LogP contribution in [0.4, 0.5) is 4.39 Å². The second-order valence-electron chi connectivity index (χ2n) is 5.38. The number of rotatable bonds is 5. The Labute approximate surface area is 135 Å². The van der Waals surface area contributed by atoms with Gasteiger partial charge in [-0.1, -0.05) is 18.2 Å². The molecule has 0 fully saturated rings. The molecular weight excluding hydrogens is 297 g/mol. The van der Waals surface area contributed by atoms with Gasteiger partial charge in [0.2, 0.25) is 5.91 Å². The lowest BCUT2D eigenvalue weighted by Crippen LogP contribution is -2.28. The van der Waals surface area contributed by atoms with E-state index in [1.54, 1.807) is 12.1 Å². The fraction of sp³-hybridized carbons (Fsp3) is 0.278. The predicted octanol–water partition coefficient (Wildman–Crippen LogP) is 4.41. The Bertz CT molecular complexity index is 655. The Morgan fingerprint density at radius 1 is 1.14 bits per heavy atom. The smallest absolute Gasteiger partial charge is 0.230 e. The fourth-order valence-electron chi connectivity index (χ4n) is 2.08. The normalized spacial score (nSPS) is 12.0. The van der Waals surface area contributed by atoms with Crippen molar-refractivity contribution in [2.75, 3.05) is 5.75 Å². The van der Waals surface area contributed by atoms with E-state index in [4.69, 9.17) is 0 Å². The number of carbonyl (C=O) groups is 1. The van der Waals surface area contributed by atoms with E-state index < -0.39 is 0 Å². The van der Waals surface area contributed by atoms with Crippen LogP contribution in [0.15, 0.2) is 47.4 Å². The van der Waals surface area contributed by atoms with Crippen molar-refractivity contribution in [1.82, 2.24) is 5.32 Å². The average Bonchev–Trinajstić information content (AvgIpc) is 2.49. The summed E-state index contributed by atoms with van der Waals surface area (Å²) in [6.45, 7) is 6.12. The minimum atomic E-state index is -0.267. The van der Waals surface area contributed by atoms with Crippen molar-refractivity contribution in [2.24, 2.45) is 0 Å². The Hall–Kier alpha value is -1.81. The maximum absolute atomic E-state index is 12.8. The van der Waals surface area contributed by atoms with E-state index in [0.29, 0.717) is 5.75 Å². The van der Waals surface area contributed by atoms with Crippen LogP contribution in [0.1, 0.15) is 29.7 Å². The molecule has 0 aromatic heterocycles. The third-order valence-corrected chi connectivity index (χ3v) is 4.60. The molecule has 0 bridgehead atoms. The number of thioether (sulfide) groups is 1. The minimum absolute atomic E-state index is 0.0272. The largest absolute Gasteiger partial charge is 0.349 e. The Balaban J connectivity index is 1.88. The van der Waals surface area contributed by atoms with E-state index in [1.807, 2.05) is 13.0 Å². The van der Waals surface area contributed by atoms with Gasteiger partial charge < -0.3 is 5.32 Å². The van der Waals surface area contributed by atoms with Crippen LogP contribution in [-0.4, -0.2) is 11.7 Å². The third-order valence-electron chi connectivity index (χ3n) is 3.59. The summed E-state index contributed by atoms with van der Waals surface area (Å²) in [6.07, 6.45) is 0. The van der Waals surface area contributed by atoms with E-state index in [9.17, 15) is 9.18 Å². The summed E-state index contributed by atoms with van der Waals surface area (Å²) in [4.78, 5) is 12.9. The van der Waals surface area contributed by atoms with Crippen LogP contribution in [0.25, 0.3) is 0 Å². The molecule has 2 nitrogen and oxygen atoms in total. The van der Waals surface area contributed by atoms with Crippen molar-refractivity contribution in [3.63, 3.8) is 0 Å². The number of nitrogens with one attached hydrogen (secondary N) is 1. The van der Waals surface area contributed by atoms with Crippen molar-refractivity contribution < 1.29 is 9.18 Å². The highest BCUT2D eigenvalue weighted by molar-refractivity contribution is 8.00. The third kappa shape index (κ3) is 4.60. The van der Waals surface area contributed by atoms with Gasteiger partial charge in [-0.3, -0.25) is 4.79 Å². The van der Waals surface area contributed by atoms with Crippen molar-refractivity contribution in [1.29, 1.82) is 0 Å². The standard InChI is InChI=1S/C18H20FNOS/c1-12-4-5-15(10-13(12)2)14(3)20-18(21)11-22-17-8-6-16(19)7-9-17/h4-10,14H,11H2,1-3H3,(H,20,21)/t14-/m1/s1. The number of amides is 1. The predicted molar refractivity (Wildman–Crippen MR) is 89.6 cm³/mol. The van der Waals surface area contributed by atoms with Gasteiger partial charge in [0.05, 0.1) is 11.8 Å². The number of aryl methyl sites for hydroxylation is 2. The lowest BCUT2D eigenvalue weighted by atomic mass is 10.0. The number of carbonyl (C=O) groups excluding carboxylic acids is 1. The molecule has 0 radical (unpaired) electrons. The molecule has 2 aromatic rings. The van der Waals surface area contributed by atoms with Gasteiger partial charge in [0.25, 0.3) is 0 Å². The number of hydrogen-bond donors (Lipinski definition) is 1. The van der Waals surface area contributed by atoms with E-state index in [2.05, 4.69) is 31.3 Å². The number of benzene rings is 2. The Morgan fingerprint density at radius 2 is 1.82 bits per heavy atom. The molecular formula is C18H20FNOS. The van der Waals surface area contributed by atoms with Crippen LogP contribution in [0.3, 0.4) is 0 Å². The molecule has 22 heavy (non-hydrogen) atoms. The van der Waals surface area contributed by atoms with Gasteiger partial charge in [-0.25, -0.2) is 4.39 Å². The average molecular weight is 317 g/mol. The summed E-state index contributed by atoms with van der Waals surface area (Å²) in [7, 11) is 0. The molecule has 2 rings (SSSR count). The van der Waals surface area contributed by atoms with E-state index in [-0.39, 0.29) is 17.8 Å². The van der Waals surface area contributed by atoms with Gasteiger partial charge in [-0.15, -0.1) is 11.8 Å². The topological polar surface area (TPSA) is 29.1 Å². The number of hydrogen-bond acceptors (Lipinski definition) is 2. The van der Waals surface area contributed by atoms with Gasteiger partial charge in [0, 0.05) is 4.90 Å². The maximum Gasteiger partial charge on any atom is 0.230 e. The van der Waals surface area contributed by atoms with Crippen LogP contribution in [0.5, 0.6) is 0 Å². The van der Waals surface area contributed by atoms with Crippen molar-refractivity contribution in [2.45, 2.75) is 31.7 Å².